The summed E-state index contributed by atoms with van der Waals surface area (Å²) in [5, 5.41) is 5.70. The van der Waals surface area contributed by atoms with Gasteiger partial charge in [-0.25, -0.2) is 4.79 Å². The van der Waals surface area contributed by atoms with E-state index in [4.69, 9.17) is 4.74 Å². The minimum Gasteiger partial charge on any atom is -0.444 e. The summed E-state index contributed by atoms with van der Waals surface area (Å²) in [6.07, 6.45) is 5.60. The second-order valence-electron chi connectivity index (χ2n) is 9.43. The maximum atomic E-state index is 13.5. The van der Waals surface area contributed by atoms with Gasteiger partial charge in [0.25, 0.3) is 0 Å². The topological polar surface area (TPSA) is 87.7 Å². The highest BCUT2D eigenvalue weighted by Gasteiger charge is 2.33. The number of unbranched alkanes of at least 4 members (excludes halogenated alkanes) is 2. The molecule has 0 aromatic heterocycles. The van der Waals surface area contributed by atoms with Crippen LogP contribution in [0.25, 0.3) is 0 Å². The fourth-order valence-corrected chi connectivity index (χ4v) is 3.96. The van der Waals surface area contributed by atoms with Crippen LogP contribution in [0, 0.1) is 0 Å². The molecule has 2 N–H and O–H groups in total. The van der Waals surface area contributed by atoms with Crippen molar-refractivity contribution in [1.29, 1.82) is 0 Å². The summed E-state index contributed by atoms with van der Waals surface area (Å²) >= 11 is 1.59. The van der Waals surface area contributed by atoms with Crippen LogP contribution >= 0.6 is 11.8 Å². The molecule has 0 saturated heterocycles. The Morgan fingerprint density at radius 2 is 1.74 bits per heavy atom. The van der Waals surface area contributed by atoms with Crippen molar-refractivity contribution < 1.29 is 19.1 Å². The Morgan fingerprint density at radius 1 is 1.09 bits per heavy atom. The normalized spacial score (nSPS) is 13.0. The lowest BCUT2D eigenvalue weighted by Gasteiger charge is -2.31. The summed E-state index contributed by atoms with van der Waals surface area (Å²) in [6.45, 7) is 10.1. The molecule has 0 radical (unpaired) electrons. The third kappa shape index (κ3) is 10.4. The molecule has 0 heterocycles. The van der Waals surface area contributed by atoms with E-state index in [1.807, 2.05) is 30.5 Å². The lowest BCUT2D eigenvalue weighted by atomic mass is 10.0. The molecular weight excluding hydrogens is 450 g/mol. The lowest BCUT2D eigenvalue weighted by Crippen LogP contribution is -2.52. The number of alkyl carbamates (subject to hydrolysis) is 1. The minimum absolute atomic E-state index is 0.225. The van der Waals surface area contributed by atoms with Crippen molar-refractivity contribution in [3.8, 4) is 0 Å². The number of thioether (sulfide) groups is 1. The first-order chi connectivity index (χ1) is 16.0. The molecule has 0 spiro atoms. The van der Waals surface area contributed by atoms with Gasteiger partial charge in [-0.15, -0.1) is 0 Å². The number of nitrogens with one attached hydrogen (secondary N) is 2. The monoisotopic (exact) mass is 493 g/mol. The first-order valence-corrected chi connectivity index (χ1v) is 13.5. The predicted octanol–water partition coefficient (Wildman–Crippen LogP) is 4.70. The second-order valence-corrected chi connectivity index (χ2v) is 10.4. The number of carbonyl (C=O) groups excluding carboxylic acids is 3. The van der Waals surface area contributed by atoms with Gasteiger partial charge in [-0.3, -0.25) is 9.59 Å². The Hall–Kier alpha value is -2.22. The Balaban J connectivity index is 3.15. The molecular formula is C26H43N3O4S. The van der Waals surface area contributed by atoms with E-state index in [9.17, 15) is 14.4 Å². The van der Waals surface area contributed by atoms with Gasteiger partial charge in [-0.2, -0.15) is 11.8 Å². The van der Waals surface area contributed by atoms with Crippen LogP contribution in [-0.4, -0.2) is 60.1 Å². The molecule has 0 aliphatic heterocycles. The van der Waals surface area contributed by atoms with Crippen LogP contribution in [0.5, 0.6) is 0 Å². The average Bonchev–Trinajstić information content (AvgIpc) is 2.78. The van der Waals surface area contributed by atoms with E-state index in [0.717, 1.165) is 36.8 Å². The summed E-state index contributed by atoms with van der Waals surface area (Å²) in [5.74, 6) is 0.129. The number of benzene rings is 1. The van der Waals surface area contributed by atoms with Gasteiger partial charge in [0, 0.05) is 13.6 Å². The van der Waals surface area contributed by atoms with Crippen LogP contribution in [-0.2, 0) is 20.7 Å². The van der Waals surface area contributed by atoms with Crippen LogP contribution < -0.4 is 10.6 Å². The number of carbonyl (C=O) groups is 3. The van der Waals surface area contributed by atoms with Crippen molar-refractivity contribution in [1.82, 2.24) is 15.5 Å². The molecule has 2 atom stereocenters. The van der Waals surface area contributed by atoms with E-state index in [-0.39, 0.29) is 11.8 Å². The molecule has 1 aromatic carbocycles. The maximum absolute atomic E-state index is 13.5. The van der Waals surface area contributed by atoms with Crippen molar-refractivity contribution in [2.45, 2.75) is 84.4 Å². The van der Waals surface area contributed by atoms with Gasteiger partial charge in [0.05, 0.1) is 0 Å². The highest BCUT2D eigenvalue weighted by Crippen LogP contribution is 2.23. The van der Waals surface area contributed by atoms with Crippen molar-refractivity contribution in [3.63, 3.8) is 0 Å². The van der Waals surface area contributed by atoms with Crippen LogP contribution in [0.2, 0.25) is 0 Å². The number of likely N-dealkylation sites (N-methyl/N-ethyl adjacent to an activating group) is 1. The molecule has 3 amide bonds. The van der Waals surface area contributed by atoms with E-state index in [1.54, 1.807) is 39.6 Å². The van der Waals surface area contributed by atoms with Gasteiger partial charge in [-0.05, 0) is 63.2 Å². The van der Waals surface area contributed by atoms with Crippen molar-refractivity contribution in [2.75, 3.05) is 25.6 Å². The van der Waals surface area contributed by atoms with Crippen molar-refractivity contribution >= 4 is 29.7 Å². The van der Waals surface area contributed by atoms with E-state index in [2.05, 4.69) is 24.5 Å². The molecule has 0 aliphatic rings. The smallest absolute Gasteiger partial charge is 0.408 e. The number of ether oxygens (including phenoxy) is 1. The van der Waals surface area contributed by atoms with E-state index in [0.29, 0.717) is 18.7 Å². The van der Waals surface area contributed by atoms with Crippen LogP contribution in [0.4, 0.5) is 4.79 Å². The molecule has 192 valence electrons. The van der Waals surface area contributed by atoms with Gasteiger partial charge in [0.2, 0.25) is 11.8 Å². The summed E-state index contributed by atoms with van der Waals surface area (Å²) in [4.78, 5) is 40.6. The standard InChI is InChI=1S/C26H43N3O4S/c1-8-10-11-17-27-23(30)22(20-14-12-19(9-2)13-15-20)29(6)24(31)21(16-18-34-7)28-25(32)33-26(3,4)5/h12-15,21-22H,8-11,16-18H2,1-7H3,(H,27,30)(H,28,32). The second kappa shape index (κ2) is 14.9. The molecule has 7 nitrogen and oxygen atoms in total. The molecule has 0 fully saturated rings. The van der Waals surface area contributed by atoms with Crippen molar-refractivity contribution in [2.24, 2.45) is 0 Å². The zero-order valence-corrected chi connectivity index (χ0v) is 22.7. The molecule has 0 aliphatic carbocycles. The van der Waals surface area contributed by atoms with Gasteiger partial charge >= 0.3 is 6.09 Å². The maximum Gasteiger partial charge on any atom is 0.408 e. The van der Waals surface area contributed by atoms with Gasteiger partial charge in [0.15, 0.2) is 0 Å². The third-order valence-electron chi connectivity index (χ3n) is 5.37. The summed E-state index contributed by atoms with van der Waals surface area (Å²) < 4.78 is 5.37. The van der Waals surface area contributed by atoms with Gasteiger partial charge < -0.3 is 20.3 Å². The Labute approximate surface area is 209 Å². The van der Waals surface area contributed by atoms with E-state index < -0.39 is 23.8 Å². The fourth-order valence-electron chi connectivity index (χ4n) is 3.49. The van der Waals surface area contributed by atoms with Crippen LogP contribution in [0.15, 0.2) is 24.3 Å². The molecule has 2 unspecified atom stereocenters. The predicted molar refractivity (Wildman–Crippen MR) is 140 cm³/mol. The molecule has 0 bridgehead atoms. The number of rotatable bonds is 13. The molecule has 8 heteroatoms. The van der Waals surface area contributed by atoms with E-state index >= 15 is 0 Å². The summed E-state index contributed by atoms with van der Waals surface area (Å²) in [7, 11) is 1.62. The number of nitrogens with zero attached hydrogens (tertiary/aromatic N) is 1. The van der Waals surface area contributed by atoms with Gasteiger partial charge in [0.1, 0.15) is 17.7 Å². The summed E-state index contributed by atoms with van der Waals surface area (Å²) in [6, 6.07) is 6.17. The zero-order valence-electron chi connectivity index (χ0n) is 21.9. The zero-order chi connectivity index (χ0) is 25.7. The quantitative estimate of drug-likeness (QED) is 0.389. The van der Waals surface area contributed by atoms with Crippen molar-refractivity contribution in [3.05, 3.63) is 35.4 Å². The Bertz CT molecular complexity index is 777. The van der Waals surface area contributed by atoms with E-state index in [1.165, 1.54) is 4.90 Å². The number of aryl methyl sites for hydroxylation is 1. The lowest BCUT2D eigenvalue weighted by molar-refractivity contribution is -0.140. The third-order valence-corrected chi connectivity index (χ3v) is 6.01. The first kappa shape index (κ1) is 29.8. The number of hydrogen-bond donors (Lipinski definition) is 2. The molecule has 34 heavy (non-hydrogen) atoms. The molecule has 0 saturated carbocycles. The molecule has 1 aromatic rings. The largest absolute Gasteiger partial charge is 0.444 e. The fraction of sp³-hybridized carbons (Fsp3) is 0.654. The molecule has 1 rings (SSSR count). The summed E-state index contributed by atoms with van der Waals surface area (Å²) in [5.41, 5.74) is 1.22. The number of hydrogen-bond acceptors (Lipinski definition) is 5. The van der Waals surface area contributed by atoms with Crippen LogP contribution in [0.3, 0.4) is 0 Å². The highest BCUT2D eigenvalue weighted by molar-refractivity contribution is 7.98. The Kier molecular flexibility index (Phi) is 13.1. The van der Waals surface area contributed by atoms with Gasteiger partial charge in [-0.1, -0.05) is 51.0 Å². The minimum atomic E-state index is -0.794. The first-order valence-electron chi connectivity index (χ1n) is 12.2. The SMILES string of the molecule is CCCCCNC(=O)C(c1ccc(CC)cc1)N(C)C(=O)C(CCSC)NC(=O)OC(C)(C)C. The Morgan fingerprint density at radius 3 is 2.26 bits per heavy atom. The number of amides is 3. The highest BCUT2D eigenvalue weighted by atomic mass is 32.2. The van der Waals surface area contributed by atoms with Crippen LogP contribution in [0.1, 0.15) is 77.5 Å². The average molecular weight is 494 g/mol.